The summed E-state index contributed by atoms with van der Waals surface area (Å²) in [5.74, 6) is 0.926. The van der Waals surface area contributed by atoms with Crippen LogP contribution in [0.1, 0.15) is 23.5 Å². The summed E-state index contributed by atoms with van der Waals surface area (Å²) < 4.78 is 0. The van der Waals surface area contributed by atoms with Gasteiger partial charge in [0.15, 0.2) is 0 Å². The number of aromatic nitrogens is 1. The van der Waals surface area contributed by atoms with Gasteiger partial charge in [0.2, 0.25) is 0 Å². The zero-order valence-corrected chi connectivity index (χ0v) is 12.8. The average molecular weight is 311 g/mol. The lowest BCUT2D eigenvalue weighted by Gasteiger charge is -1.99. The first kappa shape index (κ1) is 13.4. The first-order valence-corrected chi connectivity index (χ1v) is 8.59. The molecule has 1 saturated carbocycles. The Hall–Kier alpha value is -0.550. The monoisotopic (exact) mass is 310 g/mol. The van der Waals surface area contributed by atoms with E-state index in [1.165, 1.54) is 28.4 Å². The fourth-order valence-corrected chi connectivity index (χ4v) is 3.54. The Kier molecular flexibility index (Phi) is 4.43. The Morgan fingerprint density at radius 3 is 2.84 bits per heavy atom. The number of thioether (sulfide) groups is 1. The van der Waals surface area contributed by atoms with E-state index in [0.717, 1.165) is 23.4 Å². The lowest BCUT2D eigenvalue weighted by atomic mass is 10.4. The van der Waals surface area contributed by atoms with Crippen LogP contribution in [-0.4, -0.2) is 11.0 Å². The number of thiazole rings is 1. The van der Waals surface area contributed by atoms with Gasteiger partial charge in [-0.05, 0) is 37.1 Å². The van der Waals surface area contributed by atoms with Crippen LogP contribution in [0.2, 0.25) is 5.02 Å². The van der Waals surface area contributed by atoms with Crippen molar-refractivity contribution in [3.8, 4) is 0 Å². The molecular formula is C14H15ClN2S2. The Bertz CT molecular complexity index is 535. The van der Waals surface area contributed by atoms with E-state index in [4.69, 9.17) is 11.6 Å². The van der Waals surface area contributed by atoms with Gasteiger partial charge in [0.05, 0.1) is 11.4 Å². The molecule has 0 amide bonds. The lowest BCUT2D eigenvalue weighted by Crippen LogP contribution is -2.15. The van der Waals surface area contributed by atoms with Gasteiger partial charge in [-0.25, -0.2) is 4.98 Å². The number of nitrogens with zero attached hydrogens (tertiary/aromatic N) is 1. The molecular weight excluding hydrogens is 296 g/mol. The zero-order chi connectivity index (χ0) is 13.1. The highest BCUT2D eigenvalue weighted by Crippen LogP contribution is 2.26. The third kappa shape index (κ3) is 4.21. The Morgan fingerprint density at radius 1 is 1.32 bits per heavy atom. The van der Waals surface area contributed by atoms with Crippen LogP contribution in [0.15, 0.2) is 34.5 Å². The van der Waals surface area contributed by atoms with Gasteiger partial charge in [-0.15, -0.1) is 23.1 Å². The predicted molar refractivity (Wildman–Crippen MR) is 83.0 cm³/mol. The van der Waals surface area contributed by atoms with E-state index in [9.17, 15) is 0 Å². The smallest absolute Gasteiger partial charge is 0.103 e. The highest BCUT2D eigenvalue weighted by atomic mass is 35.5. The van der Waals surface area contributed by atoms with E-state index in [1.54, 1.807) is 23.1 Å². The predicted octanol–water partition coefficient (Wildman–Crippen LogP) is 4.34. The van der Waals surface area contributed by atoms with Crippen molar-refractivity contribution in [1.82, 2.24) is 10.3 Å². The number of hydrogen-bond acceptors (Lipinski definition) is 4. The number of nitrogens with one attached hydrogen (secondary N) is 1. The van der Waals surface area contributed by atoms with Gasteiger partial charge in [0, 0.05) is 27.9 Å². The van der Waals surface area contributed by atoms with Crippen LogP contribution >= 0.6 is 34.7 Å². The summed E-state index contributed by atoms with van der Waals surface area (Å²) in [5, 5.41) is 7.62. The molecule has 0 aliphatic heterocycles. The first-order valence-electron chi connectivity index (χ1n) is 6.34. The second-order valence-electron chi connectivity index (χ2n) is 4.63. The molecule has 2 nitrogen and oxygen atoms in total. The molecule has 1 aliphatic carbocycles. The van der Waals surface area contributed by atoms with Crippen LogP contribution < -0.4 is 5.32 Å². The van der Waals surface area contributed by atoms with Crippen molar-refractivity contribution < 1.29 is 0 Å². The number of hydrogen-bond donors (Lipinski definition) is 1. The van der Waals surface area contributed by atoms with Gasteiger partial charge in [-0.2, -0.15) is 0 Å². The summed E-state index contributed by atoms with van der Waals surface area (Å²) in [7, 11) is 0. The summed E-state index contributed by atoms with van der Waals surface area (Å²) in [5.41, 5.74) is 1.17. The van der Waals surface area contributed by atoms with E-state index in [2.05, 4.69) is 27.8 Å². The average Bonchev–Trinajstić information content (AvgIpc) is 3.15. The SMILES string of the molecule is Clc1ccc(SCc2nc(CNC3CC3)cs2)cc1. The van der Waals surface area contributed by atoms with Gasteiger partial charge >= 0.3 is 0 Å². The van der Waals surface area contributed by atoms with Crippen LogP contribution in [0.25, 0.3) is 0 Å². The van der Waals surface area contributed by atoms with Crippen molar-refractivity contribution in [3.05, 3.63) is 45.4 Å². The summed E-state index contributed by atoms with van der Waals surface area (Å²) in [6.07, 6.45) is 2.65. The molecule has 5 heteroatoms. The molecule has 0 saturated heterocycles. The molecule has 0 spiro atoms. The molecule has 0 atom stereocenters. The standard InChI is InChI=1S/C14H15ClN2S2/c15-10-1-5-13(6-2-10)18-9-14-17-12(8-19-14)7-16-11-3-4-11/h1-2,5-6,8,11,16H,3-4,7,9H2. The third-order valence-corrected chi connectivity index (χ3v) is 5.28. The molecule has 0 unspecified atom stereocenters. The quantitative estimate of drug-likeness (QED) is 0.803. The van der Waals surface area contributed by atoms with E-state index < -0.39 is 0 Å². The summed E-state index contributed by atoms with van der Waals surface area (Å²) in [6, 6.07) is 8.70. The first-order chi connectivity index (χ1) is 9.29. The third-order valence-electron chi connectivity index (χ3n) is 2.92. The van der Waals surface area contributed by atoms with Crippen LogP contribution in [0, 0.1) is 0 Å². The van der Waals surface area contributed by atoms with E-state index >= 15 is 0 Å². The van der Waals surface area contributed by atoms with Crippen LogP contribution in [-0.2, 0) is 12.3 Å². The lowest BCUT2D eigenvalue weighted by molar-refractivity contribution is 0.676. The summed E-state index contributed by atoms with van der Waals surface area (Å²) in [4.78, 5) is 5.89. The minimum absolute atomic E-state index is 0.744. The Balaban J connectivity index is 1.50. The molecule has 0 radical (unpaired) electrons. The maximum absolute atomic E-state index is 5.87. The highest BCUT2D eigenvalue weighted by molar-refractivity contribution is 7.98. The van der Waals surface area contributed by atoms with Gasteiger partial charge in [0.1, 0.15) is 5.01 Å². The molecule has 0 bridgehead atoms. The molecule has 1 aromatic heterocycles. The van der Waals surface area contributed by atoms with E-state index in [1.807, 2.05) is 12.1 Å². The molecule has 100 valence electrons. The highest BCUT2D eigenvalue weighted by Gasteiger charge is 2.20. The molecule has 1 aromatic carbocycles. The van der Waals surface area contributed by atoms with E-state index in [0.29, 0.717) is 0 Å². The number of rotatable bonds is 6. The molecule has 1 aliphatic rings. The largest absolute Gasteiger partial charge is 0.308 e. The summed E-state index contributed by atoms with van der Waals surface area (Å²) in [6.45, 7) is 0.910. The maximum Gasteiger partial charge on any atom is 0.103 e. The van der Waals surface area contributed by atoms with Crippen LogP contribution in [0.5, 0.6) is 0 Å². The van der Waals surface area contributed by atoms with Gasteiger partial charge in [0.25, 0.3) is 0 Å². The normalized spacial score (nSPS) is 14.8. The second-order valence-corrected chi connectivity index (χ2v) is 7.06. The molecule has 1 fully saturated rings. The van der Waals surface area contributed by atoms with Crippen molar-refractivity contribution in [2.24, 2.45) is 0 Å². The van der Waals surface area contributed by atoms with Crippen molar-refractivity contribution in [2.45, 2.75) is 36.1 Å². The van der Waals surface area contributed by atoms with Gasteiger partial charge in [-0.1, -0.05) is 11.6 Å². The van der Waals surface area contributed by atoms with Crippen LogP contribution in [0.3, 0.4) is 0 Å². The van der Waals surface area contributed by atoms with Gasteiger partial charge < -0.3 is 5.32 Å². The molecule has 19 heavy (non-hydrogen) atoms. The maximum atomic E-state index is 5.87. The topological polar surface area (TPSA) is 24.9 Å². The fraction of sp³-hybridized carbons (Fsp3) is 0.357. The second kappa shape index (κ2) is 6.27. The molecule has 1 N–H and O–H groups in total. The van der Waals surface area contributed by atoms with E-state index in [-0.39, 0.29) is 0 Å². The molecule has 1 heterocycles. The van der Waals surface area contributed by atoms with Crippen molar-refractivity contribution in [3.63, 3.8) is 0 Å². The number of halogens is 1. The minimum Gasteiger partial charge on any atom is -0.308 e. The zero-order valence-electron chi connectivity index (χ0n) is 10.4. The minimum atomic E-state index is 0.744. The summed E-state index contributed by atoms with van der Waals surface area (Å²) >= 11 is 9.42. The Labute approximate surface area is 126 Å². The van der Waals surface area contributed by atoms with Crippen molar-refractivity contribution in [2.75, 3.05) is 0 Å². The van der Waals surface area contributed by atoms with Crippen LogP contribution in [0.4, 0.5) is 0 Å². The van der Waals surface area contributed by atoms with Crippen molar-refractivity contribution in [1.29, 1.82) is 0 Å². The molecule has 3 rings (SSSR count). The fourth-order valence-electron chi connectivity index (χ4n) is 1.71. The molecule has 2 aromatic rings. The van der Waals surface area contributed by atoms with Crippen molar-refractivity contribution >= 4 is 34.7 Å². The Morgan fingerprint density at radius 2 is 2.11 bits per heavy atom. The number of benzene rings is 1. The van der Waals surface area contributed by atoms with Gasteiger partial charge in [-0.3, -0.25) is 0 Å².